The minimum atomic E-state index is -5.73. The number of hydrogen-bond donors (Lipinski definition) is 0. The van der Waals surface area contributed by atoms with E-state index >= 15 is 0 Å². The Balaban J connectivity index is 5.07. The van der Waals surface area contributed by atoms with Crippen LogP contribution in [0.5, 0.6) is 0 Å². The van der Waals surface area contributed by atoms with Gasteiger partial charge >= 0.3 is 30.9 Å². The molecule has 0 amide bonds. The number of halogens is 11. The van der Waals surface area contributed by atoms with Gasteiger partial charge in [0.2, 0.25) is 0 Å². The summed E-state index contributed by atoms with van der Waals surface area (Å²) < 4.78 is 133. The van der Waals surface area contributed by atoms with E-state index in [1.165, 1.54) is 0 Å². The van der Waals surface area contributed by atoms with Gasteiger partial charge in [0, 0.05) is 12.8 Å². The lowest BCUT2D eigenvalue weighted by Gasteiger charge is -2.27. The Kier molecular flexibility index (Phi) is 5.46. The Morgan fingerprint density at radius 1 is 0.579 bits per heavy atom. The van der Waals surface area contributed by atoms with Crippen molar-refractivity contribution in [2.24, 2.45) is 5.92 Å². The van der Waals surface area contributed by atoms with Gasteiger partial charge in [-0.2, -0.15) is 13.2 Å². The molecule has 0 heterocycles. The molecule has 0 atom stereocenters. The first-order valence-corrected chi connectivity index (χ1v) is 4.59. The van der Waals surface area contributed by atoms with Crippen LogP contribution in [0, 0.1) is 5.92 Å². The van der Waals surface area contributed by atoms with Gasteiger partial charge in [-0.25, -0.2) is 35.1 Å². The molecule has 11 heteroatoms. The first kappa shape index (κ1) is 18.2. The van der Waals surface area contributed by atoms with Crippen molar-refractivity contribution in [1.29, 1.82) is 0 Å². The molecule has 0 aliphatic heterocycles. The third-order valence-electron chi connectivity index (χ3n) is 2.14. The molecule has 0 spiro atoms. The molecule has 19 heavy (non-hydrogen) atoms. The van der Waals surface area contributed by atoms with Crippen molar-refractivity contribution in [1.82, 2.24) is 0 Å². The third-order valence-corrected chi connectivity index (χ3v) is 2.14. The first-order chi connectivity index (χ1) is 8.20. The van der Waals surface area contributed by atoms with E-state index in [4.69, 9.17) is 0 Å². The molecule has 0 saturated heterocycles. The average molecular weight is 312 g/mol. The van der Waals surface area contributed by atoms with E-state index in [9.17, 15) is 48.3 Å². The van der Waals surface area contributed by atoms with Crippen LogP contribution >= 0.6 is 0 Å². The van der Waals surface area contributed by atoms with E-state index in [0.29, 0.717) is 0 Å². The summed E-state index contributed by atoms with van der Waals surface area (Å²) in [6, 6.07) is 0. The molecule has 0 aromatic rings. The van der Waals surface area contributed by atoms with Gasteiger partial charge < -0.3 is 0 Å². The van der Waals surface area contributed by atoms with E-state index < -0.39 is 49.6 Å². The maximum Gasteiger partial charge on any atom is 0.392 e. The predicted molar refractivity (Wildman–Crippen MR) is 40.7 cm³/mol. The molecule has 0 rings (SSSR count). The summed E-state index contributed by atoms with van der Waals surface area (Å²) in [5.74, 6) is -14.1. The van der Waals surface area contributed by atoms with Gasteiger partial charge in [-0.05, 0) is 0 Å². The molecule has 0 bridgehead atoms. The second-order valence-corrected chi connectivity index (χ2v) is 3.77. The fraction of sp³-hybridized carbons (Fsp3) is 1.00. The van der Waals surface area contributed by atoms with Gasteiger partial charge in [-0.3, -0.25) is 0 Å². The average Bonchev–Trinajstić information content (AvgIpc) is 2.13. The second-order valence-electron chi connectivity index (χ2n) is 3.77. The topological polar surface area (TPSA) is 0 Å². The summed E-state index contributed by atoms with van der Waals surface area (Å²) in [4.78, 5) is 0. The van der Waals surface area contributed by atoms with E-state index in [-0.39, 0.29) is 0 Å². The Hall–Kier alpha value is -0.770. The Morgan fingerprint density at radius 2 is 0.842 bits per heavy atom. The lowest BCUT2D eigenvalue weighted by molar-refractivity contribution is -0.238. The lowest BCUT2D eigenvalue weighted by Crippen LogP contribution is -2.40. The molecule has 116 valence electrons. The largest absolute Gasteiger partial charge is 0.392 e. The molecule has 0 unspecified atom stereocenters. The van der Waals surface area contributed by atoms with Gasteiger partial charge in [-0.1, -0.05) is 0 Å². The van der Waals surface area contributed by atoms with E-state index in [1.54, 1.807) is 0 Å². The predicted octanol–water partition coefficient (Wildman–Crippen LogP) is 4.75. The number of alkyl halides is 11. The zero-order valence-electron chi connectivity index (χ0n) is 8.80. The fourth-order valence-corrected chi connectivity index (χ4v) is 1.14. The molecular formula is C8H7F11. The summed E-state index contributed by atoms with van der Waals surface area (Å²) in [7, 11) is 0. The standard InChI is InChI=1S/C8H7F11/c9-4(10)6(13,14)1-3(8(17,18)19)2-7(15,16)5(11)12/h3-5H,1-2H2. The van der Waals surface area contributed by atoms with Crippen molar-refractivity contribution < 1.29 is 48.3 Å². The normalized spacial score (nSPS) is 14.8. The molecule has 0 aromatic carbocycles. The van der Waals surface area contributed by atoms with Crippen molar-refractivity contribution in [2.45, 2.75) is 43.7 Å². The summed E-state index contributed by atoms with van der Waals surface area (Å²) in [5.41, 5.74) is 0. The molecule has 0 N–H and O–H groups in total. The second kappa shape index (κ2) is 5.70. The van der Waals surface area contributed by atoms with Crippen LogP contribution in [0.4, 0.5) is 48.3 Å². The van der Waals surface area contributed by atoms with Crippen molar-refractivity contribution in [3.8, 4) is 0 Å². The fourth-order valence-electron chi connectivity index (χ4n) is 1.14. The van der Waals surface area contributed by atoms with Crippen molar-refractivity contribution in [3.63, 3.8) is 0 Å². The van der Waals surface area contributed by atoms with E-state index in [2.05, 4.69) is 0 Å². The van der Waals surface area contributed by atoms with Crippen LogP contribution in [-0.2, 0) is 0 Å². The highest BCUT2D eigenvalue weighted by Gasteiger charge is 2.55. The molecule has 0 fully saturated rings. The molecule has 0 radical (unpaired) electrons. The maximum atomic E-state index is 12.4. The molecule has 0 aliphatic rings. The van der Waals surface area contributed by atoms with E-state index in [0.717, 1.165) is 0 Å². The minimum Gasteiger partial charge on any atom is -0.204 e. The smallest absolute Gasteiger partial charge is 0.204 e. The third kappa shape index (κ3) is 5.39. The van der Waals surface area contributed by atoms with Crippen LogP contribution in [-0.4, -0.2) is 30.9 Å². The van der Waals surface area contributed by atoms with Crippen LogP contribution < -0.4 is 0 Å². The van der Waals surface area contributed by atoms with Crippen LogP contribution in [0.2, 0.25) is 0 Å². The van der Waals surface area contributed by atoms with E-state index in [1.807, 2.05) is 0 Å². The van der Waals surface area contributed by atoms with Crippen molar-refractivity contribution >= 4 is 0 Å². The van der Waals surface area contributed by atoms with Crippen molar-refractivity contribution in [3.05, 3.63) is 0 Å². The highest BCUT2D eigenvalue weighted by atomic mass is 19.4. The summed E-state index contributed by atoms with van der Waals surface area (Å²) in [5, 5.41) is 0. The molecule has 0 aromatic heterocycles. The van der Waals surface area contributed by atoms with Crippen LogP contribution in [0.3, 0.4) is 0 Å². The number of hydrogen-bond acceptors (Lipinski definition) is 0. The van der Waals surface area contributed by atoms with Gasteiger partial charge in [0.05, 0.1) is 5.92 Å². The summed E-state index contributed by atoms with van der Waals surface area (Å²) in [6.45, 7) is 0. The molecule has 0 nitrogen and oxygen atoms in total. The quantitative estimate of drug-likeness (QED) is 0.621. The molecule has 0 saturated carbocycles. The Morgan fingerprint density at radius 3 is 1.00 bits per heavy atom. The molecular weight excluding hydrogens is 305 g/mol. The summed E-state index contributed by atoms with van der Waals surface area (Å²) in [6.07, 6.45) is -20.1. The monoisotopic (exact) mass is 312 g/mol. The van der Waals surface area contributed by atoms with Crippen LogP contribution in [0.1, 0.15) is 12.8 Å². The zero-order chi connectivity index (χ0) is 15.6. The SMILES string of the molecule is FC(F)C(F)(F)CC(CC(F)(F)C(F)F)C(F)(F)F. The maximum absolute atomic E-state index is 12.4. The van der Waals surface area contributed by atoms with Gasteiger partial charge in [-0.15, -0.1) is 0 Å². The number of rotatable bonds is 6. The zero-order valence-corrected chi connectivity index (χ0v) is 8.80. The molecule has 0 aliphatic carbocycles. The van der Waals surface area contributed by atoms with Gasteiger partial charge in [0.15, 0.2) is 0 Å². The summed E-state index contributed by atoms with van der Waals surface area (Å²) >= 11 is 0. The lowest BCUT2D eigenvalue weighted by atomic mass is 9.93. The highest BCUT2D eigenvalue weighted by molar-refractivity contribution is 4.84. The Labute approximate surface area is 99.1 Å². The van der Waals surface area contributed by atoms with Gasteiger partial charge in [0.1, 0.15) is 0 Å². The van der Waals surface area contributed by atoms with Gasteiger partial charge in [0.25, 0.3) is 0 Å². The first-order valence-electron chi connectivity index (χ1n) is 4.59. The highest BCUT2D eigenvalue weighted by Crippen LogP contribution is 2.44. The van der Waals surface area contributed by atoms with Crippen molar-refractivity contribution in [2.75, 3.05) is 0 Å². The minimum absolute atomic E-state index is 2.68. The van der Waals surface area contributed by atoms with Crippen LogP contribution in [0.25, 0.3) is 0 Å². The van der Waals surface area contributed by atoms with Crippen LogP contribution in [0.15, 0.2) is 0 Å². The Bertz CT molecular complexity index is 257.